The summed E-state index contributed by atoms with van der Waals surface area (Å²) in [6.45, 7) is 4.60. The highest BCUT2D eigenvalue weighted by Gasteiger charge is 2.06. The normalized spacial score (nSPS) is 11.0. The summed E-state index contributed by atoms with van der Waals surface area (Å²) in [7, 11) is 2.01. The van der Waals surface area contributed by atoms with Crippen LogP contribution in [-0.4, -0.2) is 15.5 Å². The number of fused-ring (bicyclic) bond motifs is 1. The molecule has 124 valence electrons. The second-order valence-electron chi connectivity index (χ2n) is 6.30. The topological polar surface area (TPSA) is 46.9 Å². The Kier molecular flexibility index (Phi) is 4.65. The summed E-state index contributed by atoms with van der Waals surface area (Å²) >= 11 is 0. The number of nitrogens with one attached hydrogen (secondary N) is 1. The molecular formula is C20H23N3O. The first-order valence-corrected chi connectivity index (χ1v) is 8.27. The van der Waals surface area contributed by atoms with Gasteiger partial charge in [0.2, 0.25) is 5.91 Å². The number of aromatic nitrogens is 2. The molecule has 0 aliphatic carbocycles. The maximum absolute atomic E-state index is 12.0. The molecule has 24 heavy (non-hydrogen) atoms. The van der Waals surface area contributed by atoms with Gasteiger partial charge >= 0.3 is 0 Å². The Balaban J connectivity index is 1.55. The molecule has 0 unspecified atom stereocenters. The predicted octanol–water partition coefficient (Wildman–Crippen LogP) is 3.44. The fraction of sp³-hybridized carbons (Fsp3) is 0.300. The van der Waals surface area contributed by atoms with E-state index < -0.39 is 0 Å². The summed E-state index contributed by atoms with van der Waals surface area (Å²) in [5, 5.41) is 2.99. The first-order valence-electron chi connectivity index (χ1n) is 8.27. The summed E-state index contributed by atoms with van der Waals surface area (Å²) < 4.78 is 2.07. The molecule has 3 rings (SSSR count). The van der Waals surface area contributed by atoms with Crippen molar-refractivity contribution in [2.24, 2.45) is 7.05 Å². The molecule has 0 fully saturated rings. The van der Waals surface area contributed by atoms with Crippen molar-refractivity contribution in [3.63, 3.8) is 0 Å². The molecule has 0 aliphatic rings. The number of imidazole rings is 1. The van der Waals surface area contributed by atoms with Crippen LogP contribution in [0.3, 0.4) is 0 Å². The lowest BCUT2D eigenvalue weighted by Crippen LogP contribution is -2.22. The van der Waals surface area contributed by atoms with Crippen molar-refractivity contribution >= 4 is 16.9 Å². The van der Waals surface area contributed by atoms with Crippen LogP contribution in [0.2, 0.25) is 0 Å². The van der Waals surface area contributed by atoms with E-state index in [1.54, 1.807) is 0 Å². The van der Waals surface area contributed by atoms with E-state index in [1.165, 1.54) is 11.1 Å². The highest BCUT2D eigenvalue weighted by molar-refractivity contribution is 5.78. The van der Waals surface area contributed by atoms with Crippen LogP contribution >= 0.6 is 0 Å². The third kappa shape index (κ3) is 3.65. The first-order chi connectivity index (χ1) is 11.5. The molecule has 0 saturated heterocycles. The second kappa shape index (κ2) is 6.87. The second-order valence-corrected chi connectivity index (χ2v) is 6.30. The van der Waals surface area contributed by atoms with Crippen molar-refractivity contribution in [2.75, 3.05) is 0 Å². The van der Waals surface area contributed by atoms with E-state index in [2.05, 4.69) is 52.1 Å². The van der Waals surface area contributed by atoms with E-state index in [1.807, 2.05) is 26.1 Å². The molecule has 2 aromatic carbocycles. The zero-order valence-electron chi connectivity index (χ0n) is 14.5. The van der Waals surface area contributed by atoms with Crippen molar-refractivity contribution in [3.05, 3.63) is 65.0 Å². The van der Waals surface area contributed by atoms with Crippen LogP contribution < -0.4 is 5.32 Å². The van der Waals surface area contributed by atoms with Crippen molar-refractivity contribution < 1.29 is 4.79 Å². The molecule has 0 atom stereocenters. The Hall–Kier alpha value is -2.62. The minimum Gasteiger partial charge on any atom is -0.352 e. The van der Waals surface area contributed by atoms with Crippen LogP contribution in [0.25, 0.3) is 11.0 Å². The summed E-state index contributed by atoms with van der Waals surface area (Å²) in [5.41, 5.74) is 5.59. The minimum absolute atomic E-state index is 0.0767. The number of carbonyl (C=O) groups excluding carboxylic acids is 1. The highest BCUT2D eigenvalue weighted by Crippen LogP contribution is 2.16. The van der Waals surface area contributed by atoms with Gasteiger partial charge in [0.25, 0.3) is 0 Å². The highest BCUT2D eigenvalue weighted by atomic mass is 16.1. The third-order valence-electron chi connectivity index (χ3n) is 4.42. The molecule has 4 heteroatoms. The number of carbonyl (C=O) groups is 1. The standard InChI is InChI=1S/C20H23N3O/c1-14-4-6-16(7-5-14)9-11-20(24)21-13-17-8-10-19-18(12-17)22-15(2)23(19)3/h4-8,10,12H,9,11,13H2,1-3H3,(H,21,24). The van der Waals surface area contributed by atoms with Gasteiger partial charge < -0.3 is 9.88 Å². The molecule has 0 spiro atoms. The van der Waals surface area contributed by atoms with E-state index in [9.17, 15) is 4.79 Å². The van der Waals surface area contributed by atoms with Gasteiger partial charge in [0, 0.05) is 20.0 Å². The lowest BCUT2D eigenvalue weighted by molar-refractivity contribution is -0.121. The lowest BCUT2D eigenvalue weighted by Gasteiger charge is -2.06. The van der Waals surface area contributed by atoms with Crippen LogP contribution in [0.5, 0.6) is 0 Å². The zero-order chi connectivity index (χ0) is 17.1. The Morgan fingerprint density at radius 3 is 2.54 bits per heavy atom. The van der Waals surface area contributed by atoms with Gasteiger partial charge in [-0.3, -0.25) is 4.79 Å². The number of nitrogens with zero attached hydrogens (tertiary/aromatic N) is 2. The van der Waals surface area contributed by atoms with Gasteiger partial charge in [-0.1, -0.05) is 35.9 Å². The Bertz CT molecular complexity index is 862. The molecule has 0 bridgehead atoms. The van der Waals surface area contributed by atoms with E-state index >= 15 is 0 Å². The number of hydrogen-bond acceptors (Lipinski definition) is 2. The van der Waals surface area contributed by atoms with Crippen LogP contribution in [0.4, 0.5) is 0 Å². The summed E-state index contributed by atoms with van der Waals surface area (Å²) in [6.07, 6.45) is 1.28. The third-order valence-corrected chi connectivity index (χ3v) is 4.42. The van der Waals surface area contributed by atoms with Gasteiger partial charge in [-0.25, -0.2) is 4.98 Å². The largest absolute Gasteiger partial charge is 0.352 e. The van der Waals surface area contributed by atoms with Gasteiger partial charge in [0.1, 0.15) is 5.82 Å². The van der Waals surface area contributed by atoms with Crippen LogP contribution in [0, 0.1) is 13.8 Å². The van der Waals surface area contributed by atoms with Gasteiger partial charge in [-0.05, 0) is 43.5 Å². The number of aryl methyl sites for hydroxylation is 4. The number of rotatable bonds is 5. The van der Waals surface area contributed by atoms with E-state index in [0.717, 1.165) is 28.8 Å². The molecule has 0 saturated carbocycles. The quantitative estimate of drug-likeness (QED) is 0.782. The molecular weight excluding hydrogens is 298 g/mol. The van der Waals surface area contributed by atoms with Gasteiger partial charge in [0.15, 0.2) is 0 Å². The maximum Gasteiger partial charge on any atom is 0.220 e. The van der Waals surface area contributed by atoms with Gasteiger partial charge in [-0.2, -0.15) is 0 Å². The number of benzene rings is 2. The summed E-state index contributed by atoms with van der Waals surface area (Å²) in [6, 6.07) is 14.5. The molecule has 1 N–H and O–H groups in total. The zero-order valence-corrected chi connectivity index (χ0v) is 14.5. The van der Waals surface area contributed by atoms with E-state index in [4.69, 9.17) is 0 Å². The van der Waals surface area contributed by atoms with Crippen molar-refractivity contribution in [2.45, 2.75) is 33.2 Å². The smallest absolute Gasteiger partial charge is 0.220 e. The fourth-order valence-electron chi connectivity index (χ4n) is 2.78. The Morgan fingerprint density at radius 1 is 1.08 bits per heavy atom. The SMILES string of the molecule is Cc1ccc(CCC(=O)NCc2ccc3c(c2)nc(C)n3C)cc1. The number of amides is 1. The average Bonchev–Trinajstić information content (AvgIpc) is 2.86. The average molecular weight is 321 g/mol. The maximum atomic E-state index is 12.0. The van der Waals surface area contributed by atoms with Gasteiger partial charge in [-0.15, -0.1) is 0 Å². The fourth-order valence-corrected chi connectivity index (χ4v) is 2.78. The summed E-state index contributed by atoms with van der Waals surface area (Å²) in [5.74, 6) is 1.07. The first kappa shape index (κ1) is 16.2. The molecule has 1 amide bonds. The number of hydrogen-bond donors (Lipinski definition) is 1. The van der Waals surface area contributed by atoms with E-state index in [0.29, 0.717) is 13.0 Å². The molecule has 0 radical (unpaired) electrons. The van der Waals surface area contributed by atoms with Crippen molar-refractivity contribution in [1.82, 2.24) is 14.9 Å². The molecule has 1 aromatic heterocycles. The van der Waals surface area contributed by atoms with Crippen molar-refractivity contribution in [3.8, 4) is 0 Å². The van der Waals surface area contributed by atoms with E-state index in [-0.39, 0.29) is 5.91 Å². The van der Waals surface area contributed by atoms with Gasteiger partial charge in [0.05, 0.1) is 11.0 Å². The summed E-state index contributed by atoms with van der Waals surface area (Å²) in [4.78, 5) is 16.6. The molecule has 1 heterocycles. The monoisotopic (exact) mass is 321 g/mol. The molecule has 0 aliphatic heterocycles. The van der Waals surface area contributed by atoms with Crippen LogP contribution in [-0.2, 0) is 24.8 Å². The van der Waals surface area contributed by atoms with Crippen LogP contribution in [0.15, 0.2) is 42.5 Å². The molecule has 3 aromatic rings. The Morgan fingerprint density at radius 2 is 1.79 bits per heavy atom. The molecule has 4 nitrogen and oxygen atoms in total. The van der Waals surface area contributed by atoms with Crippen LogP contribution in [0.1, 0.15) is 28.9 Å². The predicted molar refractivity (Wildman–Crippen MR) is 96.8 cm³/mol. The minimum atomic E-state index is 0.0767. The Labute approximate surface area is 142 Å². The van der Waals surface area contributed by atoms with Crippen molar-refractivity contribution in [1.29, 1.82) is 0 Å². The lowest BCUT2D eigenvalue weighted by atomic mass is 10.1.